The van der Waals surface area contributed by atoms with E-state index in [1.54, 1.807) is 6.20 Å². The van der Waals surface area contributed by atoms with E-state index >= 15 is 0 Å². The number of aromatic nitrogens is 2. The molecule has 4 nitrogen and oxygen atoms in total. The Morgan fingerprint density at radius 3 is 2.40 bits per heavy atom. The third-order valence-corrected chi connectivity index (χ3v) is 8.09. The molecule has 0 spiro atoms. The molecule has 5 rings (SSSR count). The molecule has 210 valence electrons. The van der Waals surface area contributed by atoms with Crippen LogP contribution in [0.1, 0.15) is 79.3 Å². The zero-order chi connectivity index (χ0) is 28.3. The summed E-state index contributed by atoms with van der Waals surface area (Å²) in [5.41, 5.74) is 9.78. The highest BCUT2D eigenvalue weighted by Crippen LogP contribution is 2.43. The van der Waals surface area contributed by atoms with Gasteiger partial charge in [0.25, 0.3) is 0 Å². The van der Waals surface area contributed by atoms with Crippen molar-refractivity contribution in [1.82, 2.24) is 9.55 Å². The van der Waals surface area contributed by atoms with Crippen LogP contribution in [0.4, 0.5) is 13.2 Å². The molecule has 4 aromatic rings. The molecule has 0 saturated heterocycles. The molecule has 1 aliphatic rings. The third kappa shape index (κ3) is 5.93. The fourth-order valence-electron chi connectivity index (χ4n) is 6.20. The fraction of sp³-hybridized carbons (Fsp3) is 0.394. The van der Waals surface area contributed by atoms with Crippen LogP contribution in [0.15, 0.2) is 54.7 Å². The van der Waals surface area contributed by atoms with Gasteiger partial charge in [0.05, 0.1) is 12.1 Å². The maximum absolute atomic E-state index is 12.3. The van der Waals surface area contributed by atoms with Crippen LogP contribution in [0, 0.1) is 6.92 Å². The number of rotatable bonds is 12. The first-order valence-corrected chi connectivity index (χ1v) is 14.2. The number of aliphatic carboxylic acids is 1. The van der Waals surface area contributed by atoms with Gasteiger partial charge in [-0.2, -0.15) is 13.2 Å². The molecule has 1 aliphatic carbocycles. The number of hydrogen-bond acceptors (Lipinski definition) is 2. The molecule has 7 heteroatoms. The van der Waals surface area contributed by atoms with Gasteiger partial charge < -0.3 is 5.11 Å². The number of carboxylic acid groups (broad SMARTS) is 1. The van der Waals surface area contributed by atoms with E-state index in [9.17, 15) is 23.1 Å². The number of unbranched alkanes of at least 4 members (excludes halogenated alkanes) is 6. The normalized spacial score (nSPS) is 12.6. The number of nitrogens with zero attached hydrogens (tertiary/aromatic N) is 2. The number of benzene rings is 2. The standard InChI is InChI=1S/C33H35F3N2O2/c1-22-28(21-30(39)40)27-15-11-19-37-32(27)38(22)31-23(12-7-5-3-2-4-6-10-18-33(34,35)36)16-17-26-25-14-9-8-13-24(25)20-29(26)31/h8-9,11,13-17,19H,2-7,10,12,18,20-21H2,1H3,(H,39,40). The fourth-order valence-corrected chi connectivity index (χ4v) is 6.20. The first-order valence-electron chi connectivity index (χ1n) is 14.2. The van der Waals surface area contributed by atoms with Crippen molar-refractivity contribution in [1.29, 1.82) is 0 Å². The Hall–Kier alpha value is -3.61. The monoisotopic (exact) mass is 548 g/mol. The maximum atomic E-state index is 12.3. The SMILES string of the molecule is Cc1c(CC(=O)O)c2cccnc2n1-c1c(CCCCCCCCCC(F)(F)F)ccc2c1Cc1ccccc1-2. The topological polar surface area (TPSA) is 55.1 Å². The van der Waals surface area contributed by atoms with Crippen molar-refractivity contribution in [3.63, 3.8) is 0 Å². The predicted molar refractivity (Wildman–Crippen MR) is 152 cm³/mol. The molecule has 0 fully saturated rings. The molecule has 0 atom stereocenters. The molecule has 0 saturated carbocycles. The molecular weight excluding hydrogens is 513 g/mol. The molecule has 0 bridgehead atoms. The van der Waals surface area contributed by atoms with Crippen LogP contribution in [-0.2, 0) is 24.1 Å². The van der Waals surface area contributed by atoms with Crippen molar-refractivity contribution >= 4 is 17.0 Å². The van der Waals surface area contributed by atoms with Crippen molar-refractivity contribution < 1.29 is 23.1 Å². The Kier molecular flexibility index (Phi) is 8.29. The molecule has 1 N–H and O–H groups in total. The Labute approximate surface area is 232 Å². The number of fused-ring (bicyclic) bond motifs is 4. The predicted octanol–water partition coefficient (Wildman–Crippen LogP) is 8.76. The smallest absolute Gasteiger partial charge is 0.389 e. The van der Waals surface area contributed by atoms with Gasteiger partial charge in [-0.1, -0.05) is 68.5 Å². The number of aryl methyl sites for hydroxylation is 1. The van der Waals surface area contributed by atoms with E-state index in [-0.39, 0.29) is 12.8 Å². The van der Waals surface area contributed by atoms with Crippen molar-refractivity contribution in [3.8, 4) is 16.8 Å². The minimum Gasteiger partial charge on any atom is -0.481 e. The Bertz CT molecular complexity index is 1520. The van der Waals surface area contributed by atoms with Gasteiger partial charge >= 0.3 is 12.1 Å². The third-order valence-electron chi connectivity index (χ3n) is 8.09. The van der Waals surface area contributed by atoms with Crippen molar-refractivity contribution in [2.75, 3.05) is 0 Å². The van der Waals surface area contributed by atoms with Gasteiger partial charge in [0.2, 0.25) is 0 Å². The van der Waals surface area contributed by atoms with E-state index in [1.165, 1.54) is 27.8 Å². The van der Waals surface area contributed by atoms with Crippen LogP contribution in [-0.4, -0.2) is 26.8 Å². The highest BCUT2D eigenvalue weighted by molar-refractivity contribution is 5.90. The second-order valence-electron chi connectivity index (χ2n) is 10.9. The molecule has 2 heterocycles. The minimum atomic E-state index is -4.05. The Morgan fingerprint density at radius 1 is 0.925 bits per heavy atom. The summed E-state index contributed by atoms with van der Waals surface area (Å²) >= 11 is 0. The van der Waals surface area contributed by atoms with Gasteiger partial charge in [0.15, 0.2) is 0 Å². The summed E-state index contributed by atoms with van der Waals surface area (Å²) in [6.07, 6.45) is 4.28. The number of hydrogen-bond donors (Lipinski definition) is 1. The first-order chi connectivity index (χ1) is 19.2. The van der Waals surface area contributed by atoms with E-state index in [4.69, 9.17) is 4.98 Å². The highest BCUT2D eigenvalue weighted by Gasteiger charge is 2.28. The Balaban J connectivity index is 1.41. The number of carbonyl (C=O) groups is 1. The molecular formula is C33H35F3N2O2. The zero-order valence-electron chi connectivity index (χ0n) is 22.9. The van der Waals surface area contributed by atoms with Gasteiger partial charge in [0, 0.05) is 30.1 Å². The zero-order valence-corrected chi connectivity index (χ0v) is 22.9. The van der Waals surface area contributed by atoms with Crippen LogP contribution in [0.3, 0.4) is 0 Å². The van der Waals surface area contributed by atoms with Crippen molar-refractivity contribution in [3.05, 3.63) is 82.7 Å². The highest BCUT2D eigenvalue weighted by atomic mass is 19.4. The van der Waals surface area contributed by atoms with Gasteiger partial charge in [-0.25, -0.2) is 4.98 Å². The van der Waals surface area contributed by atoms with E-state index < -0.39 is 18.6 Å². The molecule has 2 aromatic heterocycles. The minimum absolute atomic E-state index is 0.0609. The van der Waals surface area contributed by atoms with Crippen LogP contribution >= 0.6 is 0 Å². The number of halogens is 3. The number of carboxylic acids is 1. The summed E-state index contributed by atoms with van der Waals surface area (Å²) < 4.78 is 39.2. The van der Waals surface area contributed by atoms with Crippen LogP contribution in [0.2, 0.25) is 0 Å². The largest absolute Gasteiger partial charge is 0.481 e. The lowest BCUT2D eigenvalue weighted by atomic mass is 9.96. The molecule has 0 radical (unpaired) electrons. The van der Waals surface area contributed by atoms with E-state index in [1.807, 2.05) is 19.1 Å². The second kappa shape index (κ2) is 11.9. The summed E-state index contributed by atoms with van der Waals surface area (Å²) in [5, 5.41) is 10.5. The Morgan fingerprint density at radius 2 is 1.65 bits per heavy atom. The number of pyridine rings is 1. The average molecular weight is 549 g/mol. The van der Waals surface area contributed by atoms with Gasteiger partial charge in [0.1, 0.15) is 5.65 Å². The summed E-state index contributed by atoms with van der Waals surface area (Å²) in [5.74, 6) is -0.865. The van der Waals surface area contributed by atoms with Gasteiger partial charge in [-0.05, 0) is 71.7 Å². The van der Waals surface area contributed by atoms with Crippen LogP contribution < -0.4 is 0 Å². The number of alkyl halides is 3. The lowest BCUT2D eigenvalue weighted by molar-refractivity contribution is -0.136. The molecule has 40 heavy (non-hydrogen) atoms. The second-order valence-corrected chi connectivity index (χ2v) is 10.9. The summed E-state index contributed by atoms with van der Waals surface area (Å²) in [6, 6.07) is 16.7. The lowest BCUT2D eigenvalue weighted by Crippen LogP contribution is -2.08. The van der Waals surface area contributed by atoms with E-state index in [2.05, 4.69) is 41.0 Å². The molecule has 2 aromatic carbocycles. The van der Waals surface area contributed by atoms with Crippen LogP contribution in [0.25, 0.3) is 27.8 Å². The van der Waals surface area contributed by atoms with E-state index in [0.29, 0.717) is 6.42 Å². The lowest BCUT2D eigenvalue weighted by Gasteiger charge is -2.19. The average Bonchev–Trinajstić information content (AvgIpc) is 3.42. The molecule has 0 aliphatic heterocycles. The molecule has 0 unspecified atom stereocenters. The van der Waals surface area contributed by atoms with Crippen molar-refractivity contribution in [2.24, 2.45) is 0 Å². The van der Waals surface area contributed by atoms with Gasteiger partial charge in [-0.3, -0.25) is 9.36 Å². The van der Waals surface area contributed by atoms with E-state index in [0.717, 1.165) is 72.9 Å². The quantitative estimate of drug-likeness (QED) is 0.159. The maximum Gasteiger partial charge on any atom is 0.389 e. The summed E-state index contributed by atoms with van der Waals surface area (Å²) in [7, 11) is 0. The summed E-state index contributed by atoms with van der Waals surface area (Å²) in [6.45, 7) is 1.99. The van der Waals surface area contributed by atoms with Crippen LogP contribution in [0.5, 0.6) is 0 Å². The van der Waals surface area contributed by atoms with Gasteiger partial charge in [-0.15, -0.1) is 0 Å². The summed E-state index contributed by atoms with van der Waals surface area (Å²) in [4.78, 5) is 16.5. The molecule has 0 amide bonds. The van der Waals surface area contributed by atoms with Crippen molar-refractivity contribution in [2.45, 2.75) is 83.7 Å². The first kappa shape index (κ1) is 27.9.